The van der Waals surface area contributed by atoms with Crippen LogP contribution in [0.1, 0.15) is 27.8 Å². The quantitative estimate of drug-likeness (QED) is 0.654. The van der Waals surface area contributed by atoms with Crippen LogP contribution in [0.4, 0.5) is 0 Å². The lowest BCUT2D eigenvalue weighted by atomic mass is 9.89. The average molecular weight is 295 g/mol. The molecule has 0 amide bonds. The summed E-state index contributed by atoms with van der Waals surface area (Å²) >= 11 is 0. The molecule has 0 spiro atoms. The van der Waals surface area contributed by atoms with Gasteiger partial charge in [-0.15, -0.1) is 0 Å². The van der Waals surface area contributed by atoms with Crippen molar-refractivity contribution in [3.05, 3.63) is 52.1 Å². The molecule has 2 aromatic carbocycles. The zero-order chi connectivity index (χ0) is 15.4. The zero-order valence-corrected chi connectivity index (χ0v) is 12.3. The van der Waals surface area contributed by atoms with Crippen LogP contribution in [-0.2, 0) is 13.0 Å². The van der Waals surface area contributed by atoms with Crippen molar-refractivity contribution >= 4 is 11.8 Å². The van der Waals surface area contributed by atoms with E-state index in [1.807, 2.05) is 13.0 Å². The van der Waals surface area contributed by atoms with Crippen molar-refractivity contribution < 1.29 is 15.3 Å². The molecule has 0 fully saturated rings. The molecule has 22 heavy (non-hydrogen) atoms. The Balaban J connectivity index is 1.91. The standard InChI is InChI=1S/C18H17NO3/c1-10-14-9-19-5-4-12-7-17(21)18(22)8-13(12)15(19)6-11(14)2-3-16(10)20/h2-3,6-8,20-22H,4-5,9H2,1H3. The van der Waals surface area contributed by atoms with Crippen LogP contribution in [0.5, 0.6) is 17.2 Å². The third-order valence-corrected chi connectivity index (χ3v) is 4.72. The molecular formula is C18H17NO3. The number of hydrogen-bond donors (Lipinski definition) is 3. The molecule has 0 radical (unpaired) electrons. The normalized spacial score (nSPS) is 15.7. The minimum Gasteiger partial charge on any atom is -0.508 e. The maximum atomic E-state index is 9.90. The van der Waals surface area contributed by atoms with Crippen LogP contribution < -0.4 is 0 Å². The maximum absolute atomic E-state index is 9.90. The topological polar surface area (TPSA) is 63.9 Å². The molecule has 4 rings (SSSR count). The van der Waals surface area contributed by atoms with Gasteiger partial charge >= 0.3 is 0 Å². The van der Waals surface area contributed by atoms with Gasteiger partial charge in [-0.3, -0.25) is 0 Å². The van der Waals surface area contributed by atoms with Gasteiger partial charge < -0.3 is 20.2 Å². The summed E-state index contributed by atoms with van der Waals surface area (Å²) in [6.45, 7) is 3.55. The fourth-order valence-electron chi connectivity index (χ4n) is 3.39. The van der Waals surface area contributed by atoms with Crippen molar-refractivity contribution in [1.82, 2.24) is 4.90 Å². The Hall–Kier alpha value is -2.62. The molecule has 112 valence electrons. The summed E-state index contributed by atoms with van der Waals surface area (Å²) in [6.07, 6.45) is 2.92. The second-order valence-electron chi connectivity index (χ2n) is 5.98. The number of benzene rings is 2. The molecule has 2 aliphatic heterocycles. The lowest BCUT2D eigenvalue weighted by molar-refractivity contribution is 0.373. The Kier molecular flexibility index (Phi) is 2.64. The Labute approximate surface area is 128 Å². The Morgan fingerprint density at radius 3 is 2.59 bits per heavy atom. The minimum absolute atomic E-state index is 0.0650. The van der Waals surface area contributed by atoms with E-state index >= 15 is 0 Å². The minimum atomic E-state index is -0.0887. The summed E-state index contributed by atoms with van der Waals surface area (Å²) in [4.78, 5) is 2.26. The Morgan fingerprint density at radius 1 is 1.00 bits per heavy atom. The van der Waals surface area contributed by atoms with Crippen LogP contribution in [0.3, 0.4) is 0 Å². The van der Waals surface area contributed by atoms with Crippen molar-refractivity contribution in [1.29, 1.82) is 0 Å². The van der Waals surface area contributed by atoms with Crippen molar-refractivity contribution in [3.8, 4) is 17.2 Å². The summed E-state index contributed by atoms with van der Waals surface area (Å²) in [6, 6.07) is 6.94. The van der Waals surface area contributed by atoms with Gasteiger partial charge in [-0.2, -0.15) is 0 Å². The number of phenolic OH excluding ortho intramolecular Hbond substituents is 3. The van der Waals surface area contributed by atoms with E-state index < -0.39 is 0 Å². The number of hydrogen-bond acceptors (Lipinski definition) is 4. The van der Waals surface area contributed by atoms with E-state index in [2.05, 4.69) is 11.0 Å². The van der Waals surface area contributed by atoms with Crippen molar-refractivity contribution in [2.75, 3.05) is 6.54 Å². The molecule has 0 bridgehead atoms. The van der Waals surface area contributed by atoms with Crippen molar-refractivity contribution in [2.45, 2.75) is 19.9 Å². The monoisotopic (exact) mass is 295 g/mol. The Morgan fingerprint density at radius 2 is 1.77 bits per heavy atom. The first-order valence-corrected chi connectivity index (χ1v) is 7.38. The summed E-state index contributed by atoms with van der Waals surface area (Å²) in [5, 5.41) is 29.4. The predicted molar refractivity (Wildman–Crippen MR) is 84.6 cm³/mol. The van der Waals surface area contributed by atoms with Gasteiger partial charge in [0.05, 0.1) is 0 Å². The molecule has 0 saturated heterocycles. The van der Waals surface area contributed by atoms with Gasteiger partial charge in [-0.25, -0.2) is 0 Å². The molecule has 0 aliphatic carbocycles. The molecule has 3 N–H and O–H groups in total. The summed E-state index contributed by atoms with van der Waals surface area (Å²) in [5.41, 5.74) is 6.26. The van der Waals surface area contributed by atoms with E-state index in [1.54, 1.807) is 18.2 Å². The number of rotatable bonds is 0. The second-order valence-corrected chi connectivity index (χ2v) is 5.98. The van der Waals surface area contributed by atoms with E-state index in [4.69, 9.17) is 0 Å². The van der Waals surface area contributed by atoms with E-state index in [9.17, 15) is 15.3 Å². The van der Waals surface area contributed by atoms with E-state index in [0.717, 1.165) is 53.0 Å². The van der Waals surface area contributed by atoms with Gasteiger partial charge in [0.25, 0.3) is 0 Å². The highest BCUT2D eigenvalue weighted by molar-refractivity contribution is 5.86. The van der Waals surface area contributed by atoms with Gasteiger partial charge in [-0.1, -0.05) is 6.07 Å². The average Bonchev–Trinajstić information content (AvgIpc) is 2.51. The van der Waals surface area contributed by atoms with Crippen molar-refractivity contribution in [2.24, 2.45) is 0 Å². The fraction of sp³-hybridized carbons (Fsp3) is 0.222. The largest absolute Gasteiger partial charge is 0.508 e. The van der Waals surface area contributed by atoms with Crippen LogP contribution >= 0.6 is 0 Å². The highest BCUT2D eigenvalue weighted by Gasteiger charge is 2.27. The number of phenols is 3. The van der Waals surface area contributed by atoms with Crippen LogP contribution in [0.2, 0.25) is 0 Å². The van der Waals surface area contributed by atoms with Gasteiger partial charge in [0.1, 0.15) is 5.75 Å². The van der Waals surface area contributed by atoms with Gasteiger partial charge in [-0.05, 0) is 59.9 Å². The van der Waals surface area contributed by atoms with Crippen LogP contribution in [0.15, 0.2) is 24.3 Å². The molecule has 2 aromatic rings. The molecule has 4 nitrogen and oxygen atoms in total. The highest BCUT2D eigenvalue weighted by Crippen LogP contribution is 2.41. The molecular weight excluding hydrogens is 278 g/mol. The molecule has 2 aliphatic rings. The van der Waals surface area contributed by atoms with Crippen LogP contribution in [0, 0.1) is 6.92 Å². The molecule has 4 heteroatoms. The molecule has 0 aromatic heterocycles. The zero-order valence-electron chi connectivity index (χ0n) is 12.3. The third kappa shape index (κ3) is 1.77. The predicted octanol–water partition coefficient (Wildman–Crippen LogP) is 2.98. The SMILES string of the molecule is Cc1c(O)ccc2c1CN1CCc3cc(O)c(O)cc3C1=C2. The smallest absolute Gasteiger partial charge is 0.158 e. The molecule has 2 heterocycles. The highest BCUT2D eigenvalue weighted by atomic mass is 16.3. The van der Waals surface area contributed by atoms with E-state index in [1.165, 1.54) is 0 Å². The first-order valence-electron chi connectivity index (χ1n) is 7.38. The maximum Gasteiger partial charge on any atom is 0.158 e. The van der Waals surface area contributed by atoms with Crippen LogP contribution in [-0.4, -0.2) is 26.8 Å². The first kappa shape index (κ1) is 13.1. The third-order valence-electron chi connectivity index (χ3n) is 4.72. The summed E-state index contributed by atoms with van der Waals surface area (Å²) in [5.74, 6) is 0.175. The lowest BCUT2D eigenvalue weighted by Gasteiger charge is -2.37. The van der Waals surface area contributed by atoms with E-state index in [0.29, 0.717) is 5.75 Å². The molecule has 0 unspecified atom stereocenters. The van der Waals surface area contributed by atoms with Gasteiger partial charge in [0, 0.05) is 24.4 Å². The Bertz CT molecular complexity index is 824. The number of fused-ring (bicyclic) bond motifs is 4. The summed E-state index contributed by atoms with van der Waals surface area (Å²) < 4.78 is 0. The van der Waals surface area contributed by atoms with Crippen LogP contribution in [0.25, 0.3) is 11.8 Å². The molecule has 0 saturated carbocycles. The summed E-state index contributed by atoms with van der Waals surface area (Å²) in [7, 11) is 0. The molecule has 0 atom stereocenters. The van der Waals surface area contributed by atoms with E-state index in [-0.39, 0.29) is 11.5 Å². The van der Waals surface area contributed by atoms with Gasteiger partial charge in [0.2, 0.25) is 0 Å². The van der Waals surface area contributed by atoms with Crippen molar-refractivity contribution in [3.63, 3.8) is 0 Å². The van der Waals surface area contributed by atoms with Gasteiger partial charge in [0.15, 0.2) is 11.5 Å². The fourth-order valence-corrected chi connectivity index (χ4v) is 3.39. The first-order chi connectivity index (χ1) is 10.5. The lowest BCUT2D eigenvalue weighted by Crippen LogP contribution is -2.31. The number of aromatic hydroxyl groups is 3. The second kappa shape index (κ2) is 4.44. The number of nitrogens with zero attached hydrogens (tertiary/aromatic N) is 1.